The Hall–Kier alpha value is -1.89. The molecular formula is C15H18ClFN4O2. The van der Waals surface area contributed by atoms with Crippen molar-refractivity contribution in [3.63, 3.8) is 0 Å². The van der Waals surface area contributed by atoms with E-state index in [9.17, 15) is 9.18 Å². The van der Waals surface area contributed by atoms with Crippen LogP contribution in [0.3, 0.4) is 0 Å². The van der Waals surface area contributed by atoms with Crippen LogP contribution in [-0.4, -0.2) is 50.4 Å². The molecule has 124 valence electrons. The Morgan fingerprint density at radius 3 is 2.87 bits per heavy atom. The maximum Gasteiger partial charge on any atom is 0.410 e. The van der Waals surface area contributed by atoms with Gasteiger partial charge < -0.3 is 14.2 Å². The summed E-state index contributed by atoms with van der Waals surface area (Å²) in [6.45, 7) is 5.57. The summed E-state index contributed by atoms with van der Waals surface area (Å²) in [6, 6.07) is 1.28. The van der Waals surface area contributed by atoms with E-state index in [1.165, 1.54) is 4.90 Å². The number of hydrogen-bond donors (Lipinski definition) is 0. The van der Waals surface area contributed by atoms with Crippen LogP contribution >= 0.6 is 11.6 Å². The molecule has 0 bridgehead atoms. The first-order chi connectivity index (χ1) is 10.7. The second kappa shape index (κ2) is 5.63. The second-order valence-electron chi connectivity index (χ2n) is 6.61. The molecule has 1 aliphatic heterocycles. The fraction of sp³-hybridized carbons (Fsp3) is 0.533. The highest BCUT2D eigenvalue weighted by Crippen LogP contribution is 2.29. The Balaban J connectivity index is 1.83. The molecule has 23 heavy (non-hydrogen) atoms. The van der Waals surface area contributed by atoms with Crippen LogP contribution in [0.2, 0.25) is 5.28 Å². The average molecular weight is 341 g/mol. The zero-order valence-electron chi connectivity index (χ0n) is 13.2. The Morgan fingerprint density at radius 1 is 1.43 bits per heavy atom. The van der Waals surface area contributed by atoms with Crippen molar-refractivity contribution in [3.8, 4) is 0 Å². The Labute approximate surface area is 138 Å². The number of alkyl halides is 1. The summed E-state index contributed by atoms with van der Waals surface area (Å²) in [6.07, 6.45) is 1.62. The van der Waals surface area contributed by atoms with Crippen LogP contribution in [0.5, 0.6) is 0 Å². The third-order valence-electron chi connectivity index (χ3n) is 3.65. The topological polar surface area (TPSA) is 60.2 Å². The number of carbonyl (C=O) groups excluding carboxylic acids is 1. The molecule has 1 aliphatic rings. The van der Waals surface area contributed by atoms with Gasteiger partial charge in [-0.05, 0) is 38.4 Å². The molecule has 1 saturated heterocycles. The van der Waals surface area contributed by atoms with E-state index < -0.39 is 23.9 Å². The average Bonchev–Trinajstić information content (AvgIpc) is 3.00. The lowest BCUT2D eigenvalue weighted by Crippen LogP contribution is -2.35. The highest BCUT2D eigenvalue weighted by atomic mass is 35.5. The van der Waals surface area contributed by atoms with Gasteiger partial charge in [-0.2, -0.15) is 4.98 Å². The van der Waals surface area contributed by atoms with Gasteiger partial charge >= 0.3 is 6.09 Å². The minimum atomic E-state index is -1.20. The summed E-state index contributed by atoms with van der Waals surface area (Å²) in [7, 11) is 0. The summed E-state index contributed by atoms with van der Waals surface area (Å²) in [5.74, 6) is 0. The number of rotatable bonds is 1. The molecule has 3 rings (SSSR count). The van der Waals surface area contributed by atoms with Crippen LogP contribution in [-0.2, 0) is 4.74 Å². The number of nitrogens with zero attached hydrogens (tertiary/aromatic N) is 4. The van der Waals surface area contributed by atoms with Crippen molar-refractivity contribution in [2.75, 3.05) is 13.1 Å². The number of hydrogen-bond acceptors (Lipinski definition) is 4. The van der Waals surface area contributed by atoms with Crippen molar-refractivity contribution >= 4 is 28.7 Å². The number of halogens is 2. The van der Waals surface area contributed by atoms with E-state index in [1.807, 2.05) is 0 Å². The van der Waals surface area contributed by atoms with Gasteiger partial charge in [0.25, 0.3) is 0 Å². The number of amides is 1. The fourth-order valence-electron chi connectivity index (χ4n) is 2.67. The molecule has 0 spiro atoms. The number of aromatic nitrogens is 3. The van der Waals surface area contributed by atoms with E-state index in [0.717, 1.165) is 5.39 Å². The first kappa shape index (κ1) is 16.0. The first-order valence-corrected chi connectivity index (χ1v) is 7.73. The molecule has 0 aromatic carbocycles. The summed E-state index contributed by atoms with van der Waals surface area (Å²) in [4.78, 5) is 21.6. The maximum absolute atomic E-state index is 14.5. The van der Waals surface area contributed by atoms with Gasteiger partial charge in [0.15, 0.2) is 0 Å². The van der Waals surface area contributed by atoms with Crippen molar-refractivity contribution in [1.82, 2.24) is 19.4 Å². The molecule has 0 aliphatic carbocycles. The van der Waals surface area contributed by atoms with Gasteiger partial charge in [0.1, 0.15) is 17.4 Å². The fourth-order valence-corrected chi connectivity index (χ4v) is 2.80. The van der Waals surface area contributed by atoms with Crippen LogP contribution in [0.25, 0.3) is 11.0 Å². The van der Waals surface area contributed by atoms with Crippen molar-refractivity contribution in [1.29, 1.82) is 0 Å². The third kappa shape index (κ3) is 3.24. The van der Waals surface area contributed by atoms with Crippen molar-refractivity contribution in [3.05, 3.63) is 23.7 Å². The molecule has 0 radical (unpaired) electrons. The minimum Gasteiger partial charge on any atom is -0.444 e. The Kier molecular flexibility index (Phi) is 3.91. The van der Waals surface area contributed by atoms with Gasteiger partial charge in [-0.1, -0.05) is 0 Å². The number of likely N-dealkylation sites (tertiary alicyclic amines) is 1. The van der Waals surface area contributed by atoms with Crippen LogP contribution in [0.1, 0.15) is 26.8 Å². The number of ether oxygens (including phenoxy) is 1. The Bertz CT molecular complexity index is 743. The van der Waals surface area contributed by atoms with Crippen LogP contribution in [0, 0.1) is 0 Å². The van der Waals surface area contributed by atoms with Crippen molar-refractivity contribution in [2.24, 2.45) is 0 Å². The lowest BCUT2D eigenvalue weighted by Gasteiger charge is -2.24. The van der Waals surface area contributed by atoms with E-state index in [-0.39, 0.29) is 18.4 Å². The molecule has 2 aromatic rings. The molecule has 3 heterocycles. The summed E-state index contributed by atoms with van der Waals surface area (Å²) >= 11 is 5.83. The van der Waals surface area contributed by atoms with Gasteiger partial charge in [-0.15, -0.1) is 0 Å². The smallest absolute Gasteiger partial charge is 0.410 e. The summed E-state index contributed by atoms with van der Waals surface area (Å²) < 4.78 is 21.5. The van der Waals surface area contributed by atoms with E-state index in [4.69, 9.17) is 16.3 Å². The van der Waals surface area contributed by atoms with Crippen molar-refractivity contribution in [2.45, 2.75) is 38.6 Å². The van der Waals surface area contributed by atoms with E-state index >= 15 is 0 Å². The van der Waals surface area contributed by atoms with Gasteiger partial charge in [0.05, 0.1) is 12.6 Å². The zero-order valence-corrected chi connectivity index (χ0v) is 13.9. The van der Waals surface area contributed by atoms with Gasteiger partial charge in [0.2, 0.25) is 5.28 Å². The van der Waals surface area contributed by atoms with E-state index in [2.05, 4.69) is 9.97 Å². The van der Waals surface area contributed by atoms with Crippen LogP contribution in [0.4, 0.5) is 9.18 Å². The predicted molar refractivity (Wildman–Crippen MR) is 84.3 cm³/mol. The standard InChI is InChI=1S/C15H18ClFN4O2/c1-15(2,3)23-14(22)20-7-10(17)11(8-20)21-5-4-9-6-18-13(16)19-12(9)21/h4-6,10-11H,7-8H2,1-3H3/t10-,11+/m0/s1. The second-order valence-corrected chi connectivity index (χ2v) is 6.95. The molecule has 1 fully saturated rings. The van der Waals surface area contributed by atoms with E-state index in [0.29, 0.717) is 5.65 Å². The zero-order chi connectivity index (χ0) is 16.8. The lowest BCUT2D eigenvalue weighted by atomic mass is 10.2. The molecule has 0 N–H and O–H groups in total. The monoisotopic (exact) mass is 340 g/mol. The molecule has 0 unspecified atom stereocenters. The molecular weight excluding hydrogens is 323 g/mol. The van der Waals surface area contributed by atoms with Gasteiger partial charge in [0, 0.05) is 24.3 Å². The molecule has 2 aromatic heterocycles. The summed E-state index contributed by atoms with van der Waals surface area (Å²) in [5.41, 5.74) is -0.0503. The largest absolute Gasteiger partial charge is 0.444 e. The molecule has 8 heteroatoms. The summed E-state index contributed by atoms with van der Waals surface area (Å²) in [5, 5.41) is 0.882. The lowest BCUT2D eigenvalue weighted by molar-refractivity contribution is 0.0281. The minimum absolute atomic E-state index is 0.00192. The molecule has 1 amide bonds. The SMILES string of the molecule is CC(C)(C)OC(=O)N1C[C@@H](n2ccc3cnc(Cl)nc32)[C@@H](F)C1. The molecule has 0 saturated carbocycles. The predicted octanol–water partition coefficient (Wildman–Crippen LogP) is 3.21. The third-order valence-corrected chi connectivity index (χ3v) is 3.84. The highest BCUT2D eigenvalue weighted by Gasteiger charge is 2.38. The van der Waals surface area contributed by atoms with Gasteiger partial charge in [-0.25, -0.2) is 14.2 Å². The van der Waals surface area contributed by atoms with E-state index in [1.54, 1.807) is 43.8 Å². The Morgan fingerprint density at radius 2 is 2.17 bits per heavy atom. The molecule has 2 atom stereocenters. The van der Waals surface area contributed by atoms with Gasteiger partial charge in [-0.3, -0.25) is 0 Å². The normalized spacial score (nSPS) is 21.9. The van der Waals surface area contributed by atoms with Crippen LogP contribution < -0.4 is 0 Å². The quantitative estimate of drug-likeness (QED) is 0.748. The maximum atomic E-state index is 14.5. The van der Waals surface area contributed by atoms with Crippen molar-refractivity contribution < 1.29 is 13.9 Å². The number of carbonyl (C=O) groups is 1. The first-order valence-electron chi connectivity index (χ1n) is 7.36. The number of fused-ring (bicyclic) bond motifs is 1. The molecule has 6 nitrogen and oxygen atoms in total. The highest BCUT2D eigenvalue weighted by molar-refractivity contribution is 6.28. The van der Waals surface area contributed by atoms with Crippen LogP contribution in [0.15, 0.2) is 18.5 Å².